The molecule has 2 aromatic rings. The van der Waals surface area contributed by atoms with Crippen molar-refractivity contribution in [3.8, 4) is 0 Å². The van der Waals surface area contributed by atoms with Gasteiger partial charge in [-0.05, 0) is 29.8 Å². The number of hydrogen-bond donors (Lipinski definition) is 1. The number of hydrogen-bond acceptors (Lipinski definition) is 3. The first-order valence-corrected chi connectivity index (χ1v) is 8.46. The summed E-state index contributed by atoms with van der Waals surface area (Å²) in [5.74, 6) is -1.34. The molecule has 2 heterocycles. The Kier molecular flexibility index (Phi) is 5.36. The third-order valence-electron chi connectivity index (χ3n) is 4.22. The average Bonchev–Trinajstić information content (AvgIpc) is 2.97. The van der Waals surface area contributed by atoms with E-state index in [-0.39, 0.29) is 24.6 Å². The maximum Gasteiger partial charge on any atom is 0.417 e. The highest BCUT2D eigenvalue weighted by molar-refractivity contribution is 6.31. The molecule has 1 fully saturated rings. The predicted molar refractivity (Wildman–Crippen MR) is 92.8 cm³/mol. The molecule has 0 bridgehead atoms. The van der Waals surface area contributed by atoms with E-state index >= 15 is 0 Å². The van der Waals surface area contributed by atoms with Gasteiger partial charge in [-0.25, -0.2) is 0 Å². The maximum atomic E-state index is 12.9. The molecule has 0 saturated carbocycles. The van der Waals surface area contributed by atoms with Crippen molar-refractivity contribution < 1.29 is 22.8 Å². The fraction of sp³-hybridized carbons (Fsp3) is 0.278. The number of nitrogens with one attached hydrogen (secondary N) is 1. The van der Waals surface area contributed by atoms with Gasteiger partial charge in [0.05, 0.1) is 16.5 Å². The van der Waals surface area contributed by atoms with Gasteiger partial charge in [-0.1, -0.05) is 17.7 Å². The van der Waals surface area contributed by atoms with Crippen LogP contribution < -0.4 is 5.32 Å². The van der Waals surface area contributed by atoms with Gasteiger partial charge in [0, 0.05) is 37.6 Å². The van der Waals surface area contributed by atoms with Gasteiger partial charge in [-0.2, -0.15) is 13.2 Å². The highest BCUT2D eigenvalue weighted by Crippen LogP contribution is 2.36. The summed E-state index contributed by atoms with van der Waals surface area (Å²) < 4.78 is 38.8. The second-order valence-electron chi connectivity index (χ2n) is 6.22. The normalized spacial score (nSPS) is 17.3. The van der Waals surface area contributed by atoms with Gasteiger partial charge in [0.15, 0.2) is 0 Å². The first-order valence-electron chi connectivity index (χ1n) is 8.08. The fourth-order valence-electron chi connectivity index (χ4n) is 2.88. The number of alkyl halides is 3. The van der Waals surface area contributed by atoms with Crippen molar-refractivity contribution >= 4 is 29.1 Å². The summed E-state index contributed by atoms with van der Waals surface area (Å²) in [6, 6.07) is 6.72. The fourth-order valence-corrected chi connectivity index (χ4v) is 3.10. The van der Waals surface area contributed by atoms with E-state index in [1.54, 1.807) is 18.5 Å². The zero-order valence-corrected chi connectivity index (χ0v) is 14.7. The van der Waals surface area contributed by atoms with Crippen LogP contribution in [0.25, 0.3) is 0 Å². The Hall–Kier alpha value is -2.61. The number of carbonyl (C=O) groups is 2. The molecule has 1 aliphatic rings. The van der Waals surface area contributed by atoms with Gasteiger partial charge < -0.3 is 10.2 Å². The second-order valence-corrected chi connectivity index (χ2v) is 6.63. The van der Waals surface area contributed by atoms with Crippen LogP contribution in [0.3, 0.4) is 0 Å². The van der Waals surface area contributed by atoms with Crippen LogP contribution in [-0.2, 0) is 22.3 Å². The summed E-state index contributed by atoms with van der Waals surface area (Å²) in [6.45, 7) is 0.523. The summed E-state index contributed by atoms with van der Waals surface area (Å²) >= 11 is 5.57. The smallest absolute Gasteiger partial charge is 0.337 e. The van der Waals surface area contributed by atoms with Gasteiger partial charge >= 0.3 is 6.18 Å². The molecule has 9 heteroatoms. The SMILES string of the molecule is O=C(Nc1ccc(Cl)c(C(F)(F)F)c1)C1CC(=O)N(Cc2cccnc2)C1. The number of aromatic nitrogens is 1. The van der Waals surface area contributed by atoms with Crippen LogP contribution in [0.15, 0.2) is 42.7 Å². The van der Waals surface area contributed by atoms with Crippen molar-refractivity contribution in [2.24, 2.45) is 5.92 Å². The lowest BCUT2D eigenvalue weighted by molar-refractivity contribution is -0.137. The second kappa shape index (κ2) is 7.56. The van der Waals surface area contributed by atoms with Crippen LogP contribution in [0, 0.1) is 5.92 Å². The van der Waals surface area contributed by atoms with E-state index in [1.165, 1.54) is 11.0 Å². The first-order chi connectivity index (χ1) is 12.7. The van der Waals surface area contributed by atoms with Gasteiger partial charge in [-0.15, -0.1) is 0 Å². The van der Waals surface area contributed by atoms with Crippen molar-refractivity contribution in [3.05, 3.63) is 58.9 Å². The number of anilines is 1. The van der Waals surface area contributed by atoms with E-state index in [1.807, 2.05) is 6.07 Å². The van der Waals surface area contributed by atoms with E-state index in [2.05, 4.69) is 10.3 Å². The van der Waals surface area contributed by atoms with Crippen LogP contribution in [0.4, 0.5) is 18.9 Å². The minimum atomic E-state index is -4.62. The molecule has 142 valence electrons. The zero-order valence-electron chi connectivity index (χ0n) is 14.0. The van der Waals surface area contributed by atoms with Crippen LogP contribution in [0.1, 0.15) is 17.5 Å². The monoisotopic (exact) mass is 397 g/mol. The molecular weight excluding hydrogens is 383 g/mol. The molecule has 5 nitrogen and oxygen atoms in total. The molecule has 1 aliphatic heterocycles. The number of nitrogens with zero attached hydrogens (tertiary/aromatic N) is 2. The molecule has 1 saturated heterocycles. The van der Waals surface area contributed by atoms with Gasteiger partial charge in [0.1, 0.15) is 0 Å². The number of rotatable bonds is 4. The number of likely N-dealkylation sites (tertiary alicyclic amines) is 1. The van der Waals surface area contributed by atoms with Gasteiger partial charge in [0.2, 0.25) is 11.8 Å². The van der Waals surface area contributed by atoms with Crippen molar-refractivity contribution in [2.45, 2.75) is 19.1 Å². The molecule has 0 radical (unpaired) electrons. The third-order valence-corrected chi connectivity index (χ3v) is 4.55. The largest absolute Gasteiger partial charge is 0.417 e. The molecule has 3 rings (SSSR count). The highest BCUT2D eigenvalue weighted by Gasteiger charge is 2.36. The lowest BCUT2D eigenvalue weighted by Gasteiger charge is -2.17. The topological polar surface area (TPSA) is 62.3 Å². The minimum absolute atomic E-state index is 0.00577. The zero-order chi connectivity index (χ0) is 19.6. The Morgan fingerprint density at radius 2 is 2.11 bits per heavy atom. The van der Waals surface area contributed by atoms with Crippen molar-refractivity contribution in [1.82, 2.24) is 9.88 Å². The van der Waals surface area contributed by atoms with E-state index in [4.69, 9.17) is 11.6 Å². The minimum Gasteiger partial charge on any atom is -0.337 e. The summed E-state index contributed by atoms with van der Waals surface area (Å²) in [7, 11) is 0. The molecule has 2 amide bonds. The van der Waals surface area contributed by atoms with Crippen molar-refractivity contribution in [2.75, 3.05) is 11.9 Å². The van der Waals surface area contributed by atoms with Crippen molar-refractivity contribution in [1.29, 1.82) is 0 Å². The number of pyridine rings is 1. The highest BCUT2D eigenvalue weighted by atomic mass is 35.5. The van der Waals surface area contributed by atoms with E-state index in [9.17, 15) is 22.8 Å². The number of carbonyl (C=O) groups excluding carboxylic acids is 2. The molecule has 1 aromatic heterocycles. The first kappa shape index (κ1) is 19.2. The Morgan fingerprint density at radius 1 is 1.33 bits per heavy atom. The van der Waals surface area contributed by atoms with Gasteiger partial charge in [-0.3, -0.25) is 14.6 Å². The summed E-state index contributed by atoms with van der Waals surface area (Å²) in [4.78, 5) is 30.0. The predicted octanol–water partition coefficient (Wildman–Crippen LogP) is 3.74. The summed E-state index contributed by atoms with van der Waals surface area (Å²) in [5, 5.41) is 1.99. The molecule has 1 atom stereocenters. The standard InChI is InChI=1S/C18H15ClF3N3O2/c19-15-4-3-13(7-14(15)18(20,21)22)24-17(27)12-6-16(26)25(10-12)9-11-2-1-5-23-8-11/h1-5,7-8,12H,6,9-10H2,(H,24,27). The number of amides is 2. The lowest BCUT2D eigenvalue weighted by Crippen LogP contribution is -2.28. The van der Waals surface area contributed by atoms with Crippen LogP contribution in [0.5, 0.6) is 0 Å². The Balaban J connectivity index is 1.66. The molecular formula is C18H15ClF3N3O2. The molecule has 1 N–H and O–H groups in total. The van der Waals surface area contributed by atoms with Crippen LogP contribution >= 0.6 is 11.6 Å². The number of benzene rings is 1. The molecule has 0 spiro atoms. The summed E-state index contributed by atoms with van der Waals surface area (Å²) in [5.41, 5.74) is -0.211. The van der Waals surface area contributed by atoms with Gasteiger partial charge in [0.25, 0.3) is 0 Å². The molecule has 1 aromatic carbocycles. The van der Waals surface area contributed by atoms with E-state index in [0.29, 0.717) is 6.54 Å². The Bertz CT molecular complexity index is 859. The number of halogens is 4. The van der Waals surface area contributed by atoms with Crippen LogP contribution in [-0.4, -0.2) is 28.2 Å². The average molecular weight is 398 g/mol. The maximum absolute atomic E-state index is 12.9. The van der Waals surface area contributed by atoms with E-state index < -0.39 is 28.6 Å². The quantitative estimate of drug-likeness (QED) is 0.854. The molecule has 0 aliphatic carbocycles. The summed E-state index contributed by atoms with van der Waals surface area (Å²) in [6.07, 6.45) is -1.37. The Labute approximate surface area is 158 Å². The lowest BCUT2D eigenvalue weighted by atomic mass is 10.1. The van der Waals surface area contributed by atoms with E-state index in [0.717, 1.165) is 17.7 Å². The third kappa shape index (κ3) is 4.57. The Morgan fingerprint density at radius 3 is 2.78 bits per heavy atom. The van der Waals surface area contributed by atoms with Crippen LogP contribution in [0.2, 0.25) is 5.02 Å². The molecule has 27 heavy (non-hydrogen) atoms. The molecule has 1 unspecified atom stereocenters. The van der Waals surface area contributed by atoms with Crippen molar-refractivity contribution in [3.63, 3.8) is 0 Å².